The molecule has 1 atom stereocenters. The van der Waals surface area contributed by atoms with E-state index >= 15 is 0 Å². The van der Waals surface area contributed by atoms with Gasteiger partial charge in [-0.1, -0.05) is 60.2 Å². The molecule has 0 aromatic heterocycles. The molecule has 1 N–H and O–H groups in total. The predicted molar refractivity (Wildman–Crippen MR) is 129 cm³/mol. The van der Waals surface area contributed by atoms with Crippen LogP contribution in [0.4, 0.5) is 4.79 Å². The summed E-state index contributed by atoms with van der Waals surface area (Å²) in [6, 6.07) is 15.3. The molecular weight excluding hydrogens is 434 g/mol. The van der Waals surface area contributed by atoms with E-state index in [-0.39, 0.29) is 6.61 Å². The molecule has 0 aliphatic heterocycles. The van der Waals surface area contributed by atoms with Crippen molar-refractivity contribution in [1.29, 1.82) is 0 Å². The van der Waals surface area contributed by atoms with Crippen LogP contribution < -0.4 is 5.32 Å². The number of nitrogens with one attached hydrogen (secondary N) is 1. The Labute approximate surface area is 201 Å². The fourth-order valence-electron chi connectivity index (χ4n) is 3.12. The minimum atomic E-state index is -1.44. The molecular formula is C27H35NO6. The van der Waals surface area contributed by atoms with Crippen molar-refractivity contribution in [2.45, 2.75) is 72.3 Å². The van der Waals surface area contributed by atoms with Crippen LogP contribution in [0.25, 0.3) is 0 Å². The van der Waals surface area contributed by atoms with E-state index in [1.54, 1.807) is 53.7 Å². The van der Waals surface area contributed by atoms with Crippen molar-refractivity contribution in [2.24, 2.45) is 5.92 Å². The van der Waals surface area contributed by atoms with E-state index < -0.39 is 41.2 Å². The fourth-order valence-corrected chi connectivity index (χ4v) is 3.12. The molecule has 0 heterocycles. The van der Waals surface area contributed by atoms with Gasteiger partial charge in [0.05, 0.1) is 6.04 Å². The van der Waals surface area contributed by atoms with E-state index in [0.29, 0.717) is 5.56 Å². The van der Waals surface area contributed by atoms with Gasteiger partial charge in [-0.25, -0.2) is 4.79 Å². The minimum absolute atomic E-state index is 0.0385. The zero-order valence-electron chi connectivity index (χ0n) is 21.0. The van der Waals surface area contributed by atoms with Crippen LogP contribution >= 0.6 is 0 Å². The maximum Gasteiger partial charge on any atom is 0.407 e. The van der Waals surface area contributed by atoms with Crippen molar-refractivity contribution in [3.63, 3.8) is 0 Å². The average molecular weight is 470 g/mol. The Kier molecular flexibility index (Phi) is 8.85. The van der Waals surface area contributed by atoms with Gasteiger partial charge in [0.2, 0.25) is 0 Å². The summed E-state index contributed by atoms with van der Waals surface area (Å²) in [4.78, 5) is 39.2. The number of hydrogen-bond acceptors (Lipinski definition) is 6. The molecule has 2 rings (SSSR count). The highest BCUT2D eigenvalue weighted by Crippen LogP contribution is 2.29. The fraction of sp³-hybridized carbons (Fsp3) is 0.444. The van der Waals surface area contributed by atoms with Crippen LogP contribution in [0.3, 0.4) is 0 Å². The third-order valence-electron chi connectivity index (χ3n) is 4.58. The Balaban J connectivity index is 2.39. The number of aryl methyl sites for hydroxylation is 1. The molecule has 0 aliphatic rings. The standard InChI is InChI=1S/C27H35NO6/c1-18-13-15-20(16-14-18)22(28-25(31)32-17-19-11-9-8-10-12-19)21(23(29)33-26(2,3)4)24(30)34-27(5,6)7/h8-16,21-22H,17H2,1-7H3,(H,28,31). The summed E-state index contributed by atoms with van der Waals surface area (Å²) in [5.74, 6) is -3.03. The number of esters is 2. The van der Waals surface area contributed by atoms with E-state index in [9.17, 15) is 14.4 Å². The van der Waals surface area contributed by atoms with Gasteiger partial charge in [0.15, 0.2) is 5.92 Å². The lowest BCUT2D eigenvalue weighted by Gasteiger charge is -2.31. The van der Waals surface area contributed by atoms with Gasteiger partial charge in [-0.15, -0.1) is 0 Å². The highest BCUT2D eigenvalue weighted by atomic mass is 16.6. The van der Waals surface area contributed by atoms with E-state index in [4.69, 9.17) is 14.2 Å². The Morgan fingerprint density at radius 3 is 1.76 bits per heavy atom. The van der Waals surface area contributed by atoms with Gasteiger partial charge in [0.1, 0.15) is 17.8 Å². The lowest BCUT2D eigenvalue weighted by atomic mass is 9.91. The first-order valence-electron chi connectivity index (χ1n) is 11.2. The minimum Gasteiger partial charge on any atom is -0.459 e. The topological polar surface area (TPSA) is 90.9 Å². The first kappa shape index (κ1) is 26.9. The Bertz CT molecular complexity index is 943. The second kappa shape index (κ2) is 11.2. The summed E-state index contributed by atoms with van der Waals surface area (Å²) in [5, 5.41) is 2.69. The summed E-state index contributed by atoms with van der Waals surface area (Å²) in [5.41, 5.74) is 0.649. The normalized spacial score (nSPS) is 12.6. The average Bonchev–Trinajstić information content (AvgIpc) is 2.70. The number of amides is 1. The molecule has 0 saturated carbocycles. The van der Waals surface area contributed by atoms with Gasteiger partial charge >= 0.3 is 18.0 Å². The lowest BCUT2D eigenvalue weighted by Crippen LogP contribution is -2.45. The van der Waals surface area contributed by atoms with E-state index in [1.165, 1.54) is 0 Å². The second-order valence-corrected chi connectivity index (χ2v) is 10.1. The van der Waals surface area contributed by atoms with Crippen molar-refractivity contribution in [3.05, 3.63) is 71.3 Å². The molecule has 34 heavy (non-hydrogen) atoms. The smallest absolute Gasteiger partial charge is 0.407 e. The summed E-state index contributed by atoms with van der Waals surface area (Å²) in [7, 11) is 0. The Morgan fingerprint density at radius 1 is 0.794 bits per heavy atom. The van der Waals surface area contributed by atoms with Gasteiger partial charge in [-0.3, -0.25) is 9.59 Å². The predicted octanol–water partition coefficient (Wildman–Crippen LogP) is 5.26. The molecule has 2 aromatic carbocycles. The summed E-state index contributed by atoms with van der Waals surface area (Å²) in [6.45, 7) is 12.2. The molecule has 7 nitrogen and oxygen atoms in total. The van der Waals surface area contributed by atoms with Gasteiger partial charge in [0.25, 0.3) is 0 Å². The monoisotopic (exact) mass is 469 g/mol. The summed E-state index contributed by atoms with van der Waals surface area (Å²) < 4.78 is 16.4. The van der Waals surface area contributed by atoms with Crippen LogP contribution in [-0.4, -0.2) is 29.2 Å². The maximum atomic E-state index is 13.2. The van der Waals surface area contributed by atoms with Gasteiger partial charge < -0.3 is 19.5 Å². The number of rotatable bonds is 7. The Hall–Kier alpha value is -3.35. The van der Waals surface area contributed by atoms with Gasteiger partial charge in [0, 0.05) is 0 Å². The van der Waals surface area contributed by atoms with Crippen LogP contribution in [0.1, 0.15) is 64.3 Å². The van der Waals surface area contributed by atoms with Crippen molar-refractivity contribution in [1.82, 2.24) is 5.32 Å². The van der Waals surface area contributed by atoms with Gasteiger partial charge in [-0.2, -0.15) is 0 Å². The number of benzene rings is 2. The van der Waals surface area contributed by atoms with Gasteiger partial charge in [-0.05, 0) is 59.6 Å². The molecule has 0 fully saturated rings. The SMILES string of the molecule is Cc1ccc(C(NC(=O)OCc2ccccc2)C(C(=O)OC(C)(C)C)C(=O)OC(C)(C)C)cc1. The quantitative estimate of drug-likeness (QED) is 0.338. The van der Waals surface area contributed by atoms with Crippen LogP contribution in [0.15, 0.2) is 54.6 Å². The lowest BCUT2D eigenvalue weighted by molar-refractivity contribution is -0.176. The highest BCUT2D eigenvalue weighted by molar-refractivity contribution is 5.96. The van der Waals surface area contributed by atoms with E-state index in [1.807, 2.05) is 49.4 Å². The van der Waals surface area contributed by atoms with Crippen LogP contribution in [0.5, 0.6) is 0 Å². The maximum absolute atomic E-state index is 13.2. The molecule has 0 spiro atoms. The summed E-state index contributed by atoms with van der Waals surface area (Å²) >= 11 is 0. The highest BCUT2D eigenvalue weighted by Gasteiger charge is 2.42. The molecule has 1 unspecified atom stereocenters. The molecule has 7 heteroatoms. The Morgan fingerprint density at radius 2 is 1.29 bits per heavy atom. The van der Waals surface area contributed by atoms with Crippen molar-refractivity contribution in [3.8, 4) is 0 Å². The molecule has 0 bridgehead atoms. The molecule has 2 aromatic rings. The number of hydrogen-bond donors (Lipinski definition) is 1. The number of ether oxygens (including phenoxy) is 3. The molecule has 184 valence electrons. The first-order chi connectivity index (χ1) is 15.7. The van der Waals surface area contributed by atoms with Crippen molar-refractivity contribution >= 4 is 18.0 Å². The molecule has 0 saturated heterocycles. The third-order valence-corrected chi connectivity index (χ3v) is 4.58. The second-order valence-electron chi connectivity index (χ2n) is 10.1. The van der Waals surface area contributed by atoms with Crippen LogP contribution in [0.2, 0.25) is 0 Å². The third kappa shape index (κ3) is 8.89. The number of carbonyl (C=O) groups is 3. The van der Waals surface area contributed by atoms with Crippen LogP contribution in [-0.2, 0) is 30.4 Å². The first-order valence-corrected chi connectivity index (χ1v) is 11.2. The van der Waals surface area contributed by atoms with E-state index in [0.717, 1.165) is 11.1 Å². The summed E-state index contributed by atoms with van der Waals surface area (Å²) in [6.07, 6.45) is -0.772. The zero-order chi connectivity index (χ0) is 25.5. The number of alkyl carbamates (subject to hydrolysis) is 1. The van der Waals surface area contributed by atoms with Crippen molar-refractivity contribution in [2.75, 3.05) is 0 Å². The van der Waals surface area contributed by atoms with Crippen LogP contribution in [0, 0.1) is 12.8 Å². The number of carbonyl (C=O) groups excluding carboxylic acids is 3. The largest absolute Gasteiger partial charge is 0.459 e. The molecule has 0 radical (unpaired) electrons. The van der Waals surface area contributed by atoms with Crippen molar-refractivity contribution < 1.29 is 28.6 Å². The van der Waals surface area contributed by atoms with E-state index in [2.05, 4.69) is 5.32 Å². The zero-order valence-corrected chi connectivity index (χ0v) is 21.0. The molecule has 0 aliphatic carbocycles. The molecule has 1 amide bonds.